The number of rotatable bonds is 3. The van der Waals surface area contributed by atoms with E-state index in [2.05, 4.69) is 4.74 Å². The third-order valence-electron chi connectivity index (χ3n) is 2.50. The minimum absolute atomic E-state index is 0.541. The molecule has 1 rings (SSSR count). The second-order valence-electron chi connectivity index (χ2n) is 3.50. The van der Waals surface area contributed by atoms with E-state index in [1.807, 2.05) is 6.92 Å². The molecule has 0 unspecified atom stereocenters. The highest BCUT2D eigenvalue weighted by molar-refractivity contribution is 5.80. The summed E-state index contributed by atoms with van der Waals surface area (Å²) in [4.78, 5) is 10.7. The van der Waals surface area contributed by atoms with Crippen molar-refractivity contribution in [2.75, 3.05) is 0 Å². The van der Waals surface area contributed by atoms with Gasteiger partial charge in [0.05, 0.1) is 5.92 Å². The van der Waals surface area contributed by atoms with E-state index in [-0.39, 0.29) is 0 Å². The van der Waals surface area contributed by atoms with Gasteiger partial charge in [0.25, 0.3) is 0 Å². The first-order valence-electron chi connectivity index (χ1n) is 4.59. The molecule has 0 aliphatic carbocycles. The SMILES string of the molecule is CCCC[C@H]1OC(=O)C(F)(F)[C@@H]1C. The lowest BCUT2D eigenvalue weighted by Crippen LogP contribution is -2.30. The first-order chi connectivity index (χ1) is 6.00. The Balaban J connectivity index is 2.57. The van der Waals surface area contributed by atoms with Crippen LogP contribution in [-0.4, -0.2) is 18.0 Å². The van der Waals surface area contributed by atoms with Gasteiger partial charge in [-0.05, 0) is 6.42 Å². The number of hydrogen-bond acceptors (Lipinski definition) is 2. The largest absolute Gasteiger partial charge is 0.457 e. The molecule has 0 aromatic rings. The molecule has 1 aliphatic heterocycles. The average molecular weight is 192 g/mol. The number of alkyl halides is 2. The van der Waals surface area contributed by atoms with Crippen molar-refractivity contribution >= 4 is 5.97 Å². The van der Waals surface area contributed by atoms with Crippen LogP contribution >= 0.6 is 0 Å². The minimum atomic E-state index is -3.28. The Kier molecular flexibility index (Phi) is 2.88. The lowest BCUT2D eigenvalue weighted by Gasteiger charge is -2.14. The second kappa shape index (κ2) is 3.60. The van der Waals surface area contributed by atoms with Crippen LogP contribution in [0.1, 0.15) is 33.1 Å². The summed E-state index contributed by atoms with van der Waals surface area (Å²) in [6, 6.07) is 0. The van der Waals surface area contributed by atoms with Crippen molar-refractivity contribution in [1.29, 1.82) is 0 Å². The van der Waals surface area contributed by atoms with Gasteiger partial charge in [-0.15, -0.1) is 0 Å². The number of ether oxygens (including phenoxy) is 1. The highest BCUT2D eigenvalue weighted by Crippen LogP contribution is 2.38. The van der Waals surface area contributed by atoms with Crippen molar-refractivity contribution in [3.8, 4) is 0 Å². The van der Waals surface area contributed by atoms with E-state index >= 15 is 0 Å². The Labute approximate surface area is 76.3 Å². The van der Waals surface area contributed by atoms with Crippen molar-refractivity contribution < 1.29 is 18.3 Å². The molecule has 1 aliphatic rings. The molecular weight excluding hydrogens is 178 g/mol. The van der Waals surface area contributed by atoms with E-state index in [9.17, 15) is 13.6 Å². The number of carbonyl (C=O) groups excluding carboxylic acids is 1. The Bertz CT molecular complexity index is 204. The summed E-state index contributed by atoms with van der Waals surface area (Å²) in [6.07, 6.45) is 1.69. The van der Waals surface area contributed by atoms with Gasteiger partial charge < -0.3 is 4.74 Å². The third-order valence-corrected chi connectivity index (χ3v) is 2.50. The van der Waals surface area contributed by atoms with Crippen molar-refractivity contribution in [2.45, 2.75) is 45.1 Å². The molecule has 0 spiro atoms. The number of halogens is 2. The number of hydrogen-bond donors (Lipinski definition) is 0. The second-order valence-corrected chi connectivity index (χ2v) is 3.50. The van der Waals surface area contributed by atoms with Crippen molar-refractivity contribution in [1.82, 2.24) is 0 Å². The summed E-state index contributed by atoms with van der Waals surface area (Å²) < 4.78 is 30.5. The van der Waals surface area contributed by atoms with Crippen LogP contribution < -0.4 is 0 Å². The van der Waals surface area contributed by atoms with Gasteiger partial charge in [-0.25, -0.2) is 4.79 Å². The minimum Gasteiger partial charge on any atom is -0.457 e. The van der Waals surface area contributed by atoms with Crippen LogP contribution in [0.3, 0.4) is 0 Å². The van der Waals surface area contributed by atoms with Gasteiger partial charge >= 0.3 is 11.9 Å². The Hall–Kier alpha value is -0.670. The van der Waals surface area contributed by atoms with E-state index in [1.54, 1.807) is 0 Å². The quantitative estimate of drug-likeness (QED) is 0.642. The summed E-state index contributed by atoms with van der Waals surface area (Å²) in [5.74, 6) is -5.62. The predicted molar refractivity (Wildman–Crippen MR) is 43.5 cm³/mol. The van der Waals surface area contributed by atoms with E-state index in [0.29, 0.717) is 6.42 Å². The lowest BCUT2D eigenvalue weighted by atomic mass is 9.96. The summed E-state index contributed by atoms with van der Waals surface area (Å²) in [6.45, 7) is 3.34. The molecule has 0 radical (unpaired) electrons. The average Bonchev–Trinajstić information content (AvgIpc) is 2.26. The third kappa shape index (κ3) is 1.81. The highest BCUT2D eigenvalue weighted by Gasteiger charge is 2.56. The van der Waals surface area contributed by atoms with Gasteiger partial charge in [-0.1, -0.05) is 26.7 Å². The molecule has 2 nitrogen and oxygen atoms in total. The van der Waals surface area contributed by atoms with Crippen LogP contribution in [0.4, 0.5) is 8.78 Å². The fourth-order valence-electron chi connectivity index (χ4n) is 1.45. The molecule has 13 heavy (non-hydrogen) atoms. The van der Waals surface area contributed by atoms with Gasteiger partial charge in [0.1, 0.15) is 6.10 Å². The molecule has 1 heterocycles. The smallest absolute Gasteiger partial charge is 0.377 e. The summed E-state index contributed by atoms with van der Waals surface area (Å²) in [5, 5.41) is 0. The topological polar surface area (TPSA) is 26.3 Å². The first kappa shape index (κ1) is 10.4. The molecule has 0 aromatic carbocycles. The summed E-state index contributed by atoms with van der Waals surface area (Å²) in [5.41, 5.74) is 0. The Morgan fingerprint density at radius 2 is 2.15 bits per heavy atom. The molecule has 1 saturated heterocycles. The predicted octanol–water partition coefficient (Wildman–Crippen LogP) is 2.37. The zero-order chi connectivity index (χ0) is 10.1. The molecule has 0 saturated carbocycles. The molecular formula is C9H14F2O2. The van der Waals surface area contributed by atoms with Crippen molar-refractivity contribution in [2.24, 2.45) is 5.92 Å². The first-order valence-corrected chi connectivity index (χ1v) is 4.59. The van der Waals surface area contributed by atoms with Crippen LogP contribution in [0.5, 0.6) is 0 Å². The van der Waals surface area contributed by atoms with Crippen LogP contribution in [0.25, 0.3) is 0 Å². The number of unbranched alkanes of at least 4 members (excludes halogenated alkanes) is 1. The van der Waals surface area contributed by atoms with Crippen molar-refractivity contribution in [3.05, 3.63) is 0 Å². The fraction of sp³-hybridized carbons (Fsp3) is 0.889. The monoisotopic (exact) mass is 192 g/mol. The molecule has 0 amide bonds. The zero-order valence-corrected chi connectivity index (χ0v) is 7.85. The van der Waals surface area contributed by atoms with Gasteiger partial charge in [0, 0.05) is 0 Å². The van der Waals surface area contributed by atoms with E-state index in [1.165, 1.54) is 6.92 Å². The van der Waals surface area contributed by atoms with Crippen LogP contribution in [0, 0.1) is 5.92 Å². The van der Waals surface area contributed by atoms with Crippen LogP contribution in [-0.2, 0) is 9.53 Å². The maximum absolute atomic E-state index is 12.9. The molecule has 4 heteroatoms. The van der Waals surface area contributed by atoms with Gasteiger partial charge in [-0.2, -0.15) is 8.78 Å². The zero-order valence-electron chi connectivity index (χ0n) is 7.85. The van der Waals surface area contributed by atoms with E-state index in [0.717, 1.165) is 12.8 Å². The summed E-state index contributed by atoms with van der Waals surface area (Å²) >= 11 is 0. The normalized spacial score (nSPS) is 31.8. The maximum Gasteiger partial charge on any atom is 0.377 e. The van der Waals surface area contributed by atoms with Crippen molar-refractivity contribution in [3.63, 3.8) is 0 Å². The Morgan fingerprint density at radius 1 is 1.54 bits per heavy atom. The molecule has 1 fully saturated rings. The fourth-order valence-corrected chi connectivity index (χ4v) is 1.45. The van der Waals surface area contributed by atoms with Gasteiger partial charge in [0.2, 0.25) is 0 Å². The van der Waals surface area contributed by atoms with Crippen LogP contribution in [0.2, 0.25) is 0 Å². The lowest BCUT2D eigenvalue weighted by molar-refractivity contribution is -0.160. The molecule has 76 valence electrons. The van der Waals surface area contributed by atoms with Gasteiger partial charge in [-0.3, -0.25) is 0 Å². The van der Waals surface area contributed by atoms with Gasteiger partial charge in [0.15, 0.2) is 0 Å². The van der Waals surface area contributed by atoms with E-state index in [4.69, 9.17) is 0 Å². The number of esters is 1. The Morgan fingerprint density at radius 3 is 2.54 bits per heavy atom. The van der Waals surface area contributed by atoms with Crippen LogP contribution in [0.15, 0.2) is 0 Å². The molecule has 0 bridgehead atoms. The number of cyclic esters (lactones) is 1. The standard InChI is InChI=1S/C9H14F2O2/c1-3-4-5-7-6(2)9(10,11)8(12)13-7/h6-7H,3-5H2,1-2H3/t6-,7-/m1/s1. The summed E-state index contributed by atoms with van der Waals surface area (Å²) in [7, 11) is 0. The molecule has 2 atom stereocenters. The highest BCUT2D eigenvalue weighted by atomic mass is 19.3. The maximum atomic E-state index is 12.9. The molecule has 0 aromatic heterocycles. The number of carbonyl (C=O) groups is 1. The van der Waals surface area contributed by atoms with E-state index < -0.39 is 23.9 Å². The molecule has 0 N–H and O–H groups in total.